The van der Waals surface area contributed by atoms with Crippen molar-refractivity contribution in [3.8, 4) is 5.75 Å². The first kappa shape index (κ1) is 16.4. The number of amides is 2. The number of benzene rings is 2. The summed E-state index contributed by atoms with van der Waals surface area (Å²) in [5.41, 5.74) is 8.03. The molecule has 25 heavy (non-hydrogen) atoms. The van der Waals surface area contributed by atoms with Crippen LogP contribution in [0.25, 0.3) is 10.9 Å². The molecule has 3 N–H and O–H groups in total. The van der Waals surface area contributed by atoms with Crippen molar-refractivity contribution in [1.29, 1.82) is 0 Å². The Balaban J connectivity index is 1.88. The number of ether oxygens (including phenoxy) is 1. The van der Waals surface area contributed by atoms with Gasteiger partial charge >= 0.3 is 0 Å². The molecule has 3 rings (SSSR count). The zero-order valence-corrected chi connectivity index (χ0v) is 13.9. The van der Waals surface area contributed by atoms with Crippen LogP contribution in [0.3, 0.4) is 0 Å². The maximum Gasteiger partial charge on any atom is 0.257 e. The highest BCUT2D eigenvalue weighted by Gasteiger charge is 2.13. The van der Waals surface area contributed by atoms with Gasteiger partial charge in [-0.1, -0.05) is 0 Å². The Morgan fingerprint density at radius 3 is 2.44 bits per heavy atom. The third-order valence-electron chi connectivity index (χ3n) is 3.89. The summed E-state index contributed by atoms with van der Waals surface area (Å²) in [5, 5.41) is 3.64. The molecule has 0 fully saturated rings. The van der Waals surface area contributed by atoms with Crippen molar-refractivity contribution in [3.05, 3.63) is 65.4 Å². The predicted octanol–water partition coefficient (Wildman–Crippen LogP) is 2.90. The van der Waals surface area contributed by atoms with Gasteiger partial charge in [0.05, 0.1) is 23.9 Å². The van der Waals surface area contributed by atoms with Crippen LogP contribution in [0.5, 0.6) is 5.75 Å². The summed E-state index contributed by atoms with van der Waals surface area (Å²) in [4.78, 5) is 28.1. The summed E-state index contributed by atoms with van der Waals surface area (Å²) in [6.07, 6.45) is 0. The van der Waals surface area contributed by atoms with E-state index in [4.69, 9.17) is 10.5 Å². The molecule has 0 radical (unpaired) electrons. The van der Waals surface area contributed by atoms with E-state index in [1.807, 2.05) is 18.2 Å². The molecule has 0 aliphatic rings. The number of hydrogen-bond donors (Lipinski definition) is 2. The van der Waals surface area contributed by atoms with Crippen LogP contribution < -0.4 is 15.8 Å². The van der Waals surface area contributed by atoms with Crippen molar-refractivity contribution >= 4 is 28.4 Å². The Morgan fingerprint density at radius 2 is 1.80 bits per heavy atom. The van der Waals surface area contributed by atoms with Gasteiger partial charge in [0.2, 0.25) is 5.91 Å². The third kappa shape index (κ3) is 3.42. The standard InChI is InChI=1S/C19H17N3O3/c1-11-16(9-13-5-8-15(25-2)10-17(13)21-11)19(24)22-14-6-3-12(4-7-14)18(20)23/h3-10H,1-2H3,(H2,20,23)(H,22,24). The van der Waals surface area contributed by atoms with Crippen LogP contribution in [-0.4, -0.2) is 23.9 Å². The number of aromatic nitrogens is 1. The second kappa shape index (κ2) is 6.60. The molecule has 0 spiro atoms. The molecule has 0 atom stereocenters. The number of hydrogen-bond acceptors (Lipinski definition) is 4. The number of rotatable bonds is 4. The highest BCUT2D eigenvalue weighted by molar-refractivity contribution is 6.07. The summed E-state index contributed by atoms with van der Waals surface area (Å²) in [7, 11) is 1.60. The lowest BCUT2D eigenvalue weighted by Crippen LogP contribution is -2.15. The van der Waals surface area contributed by atoms with E-state index in [0.29, 0.717) is 28.3 Å². The molecule has 3 aromatic rings. The monoisotopic (exact) mass is 335 g/mol. The zero-order valence-electron chi connectivity index (χ0n) is 13.9. The maximum atomic E-state index is 12.6. The first-order chi connectivity index (χ1) is 12.0. The predicted molar refractivity (Wildman–Crippen MR) is 95.9 cm³/mol. The fraction of sp³-hybridized carbons (Fsp3) is 0.105. The minimum Gasteiger partial charge on any atom is -0.497 e. The summed E-state index contributed by atoms with van der Waals surface area (Å²) >= 11 is 0. The van der Waals surface area contributed by atoms with Crippen LogP contribution in [0.1, 0.15) is 26.4 Å². The second-order valence-corrected chi connectivity index (χ2v) is 5.58. The van der Waals surface area contributed by atoms with Gasteiger partial charge in [0.25, 0.3) is 5.91 Å². The molecule has 0 bridgehead atoms. The lowest BCUT2D eigenvalue weighted by molar-refractivity contribution is 0.0998. The smallest absolute Gasteiger partial charge is 0.257 e. The van der Waals surface area contributed by atoms with E-state index >= 15 is 0 Å². The van der Waals surface area contributed by atoms with Gasteiger partial charge in [-0.25, -0.2) is 0 Å². The van der Waals surface area contributed by atoms with Crippen molar-refractivity contribution in [2.75, 3.05) is 12.4 Å². The second-order valence-electron chi connectivity index (χ2n) is 5.58. The van der Waals surface area contributed by atoms with E-state index in [1.54, 1.807) is 44.4 Å². The third-order valence-corrected chi connectivity index (χ3v) is 3.89. The number of pyridine rings is 1. The van der Waals surface area contributed by atoms with Crippen molar-refractivity contribution in [3.63, 3.8) is 0 Å². The van der Waals surface area contributed by atoms with Gasteiger partial charge < -0.3 is 15.8 Å². The molecule has 1 aromatic heterocycles. The number of aryl methyl sites for hydroxylation is 1. The Hall–Kier alpha value is -3.41. The summed E-state index contributed by atoms with van der Waals surface area (Å²) < 4.78 is 5.19. The van der Waals surface area contributed by atoms with Crippen LogP contribution >= 0.6 is 0 Å². The molecule has 2 aromatic carbocycles. The molecule has 6 heteroatoms. The number of fused-ring (bicyclic) bond motifs is 1. The topological polar surface area (TPSA) is 94.3 Å². The van der Waals surface area contributed by atoms with Gasteiger partial charge in [0, 0.05) is 22.7 Å². The molecular formula is C19H17N3O3. The molecular weight excluding hydrogens is 318 g/mol. The normalized spacial score (nSPS) is 10.5. The Labute approximate surface area is 144 Å². The van der Waals surface area contributed by atoms with E-state index < -0.39 is 5.91 Å². The van der Waals surface area contributed by atoms with Gasteiger partial charge in [-0.2, -0.15) is 0 Å². The quantitative estimate of drug-likeness (QED) is 0.766. The molecule has 0 aliphatic carbocycles. The van der Waals surface area contributed by atoms with Crippen LogP contribution in [0.4, 0.5) is 5.69 Å². The van der Waals surface area contributed by atoms with Gasteiger partial charge in [0.1, 0.15) is 5.75 Å². The van der Waals surface area contributed by atoms with Crippen molar-refractivity contribution in [2.24, 2.45) is 5.73 Å². The number of carbonyl (C=O) groups is 2. The minimum atomic E-state index is -0.511. The van der Waals surface area contributed by atoms with E-state index in [0.717, 1.165) is 10.9 Å². The number of anilines is 1. The molecule has 0 saturated carbocycles. The van der Waals surface area contributed by atoms with E-state index in [-0.39, 0.29) is 5.91 Å². The van der Waals surface area contributed by atoms with Crippen LogP contribution in [0.15, 0.2) is 48.5 Å². The molecule has 1 heterocycles. The first-order valence-corrected chi connectivity index (χ1v) is 7.64. The van der Waals surface area contributed by atoms with Gasteiger partial charge in [0.15, 0.2) is 0 Å². The number of nitrogens with one attached hydrogen (secondary N) is 1. The summed E-state index contributed by atoms with van der Waals surface area (Å²) in [6, 6.07) is 13.7. The minimum absolute atomic E-state index is 0.269. The van der Waals surface area contributed by atoms with Crippen molar-refractivity contribution in [2.45, 2.75) is 6.92 Å². The largest absolute Gasteiger partial charge is 0.497 e. The average Bonchev–Trinajstić information content (AvgIpc) is 2.60. The van der Waals surface area contributed by atoms with Crippen molar-refractivity contribution < 1.29 is 14.3 Å². The number of carbonyl (C=O) groups excluding carboxylic acids is 2. The van der Waals surface area contributed by atoms with Gasteiger partial charge in [-0.15, -0.1) is 0 Å². The summed E-state index contributed by atoms with van der Waals surface area (Å²) in [6.45, 7) is 1.78. The Kier molecular flexibility index (Phi) is 4.35. The highest BCUT2D eigenvalue weighted by Crippen LogP contribution is 2.22. The highest BCUT2D eigenvalue weighted by atomic mass is 16.5. The van der Waals surface area contributed by atoms with E-state index in [2.05, 4.69) is 10.3 Å². The summed E-state index contributed by atoms with van der Waals surface area (Å²) in [5.74, 6) is -0.0661. The maximum absolute atomic E-state index is 12.6. The fourth-order valence-corrected chi connectivity index (χ4v) is 2.52. The average molecular weight is 335 g/mol. The van der Waals surface area contributed by atoms with E-state index in [9.17, 15) is 9.59 Å². The van der Waals surface area contributed by atoms with Crippen LogP contribution in [-0.2, 0) is 0 Å². The fourth-order valence-electron chi connectivity index (χ4n) is 2.52. The molecule has 126 valence electrons. The lowest BCUT2D eigenvalue weighted by Gasteiger charge is -2.10. The Bertz CT molecular complexity index is 966. The van der Waals surface area contributed by atoms with Crippen LogP contribution in [0, 0.1) is 6.92 Å². The van der Waals surface area contributed by atoms with Crippen molar-refractivity contribution in [1.82, 2.24) is 4.98 Å². The molecule has 0 aliphatic heterocycles. The number of primary amides is 1. The number of nitrogens with two attached hydrogens (primary N) is 1. The molecule has 2 amide bonds. The zero-order chi connectivity index (χ0) is 18.0. The molecule has 0 saturated heterocycles. The lowest BCUT2D eigenvalue weighted by atomic mass is 10.1. The molecule has 6 nitrogen and oxygen atoms in total. The SMILES string of the molecule is COc1ccc2cc(C(=O)Nc3ccc(C(N)=O)cc3)c(C)nc2c1. The molecule has 0 unspecified atom stereocenters. The number of nitrogens with zero attached hydrogens (tertiary/aromatic N) is 1. The van der Waals surface area contributed by atoms with Gasteiger partial charge in [-0.3, -0.25) is 14.6 Å². The van der Waals surface area contributed by atoms with E-state index in [1.165, 1.54) is 0 Å². The Morgan fingerprint density at radius 1 is 1.08 bits per heavy atom. The number of methoxy groups -OCH3 is 1. The van der Waals surface area contributed by atoms with Gasteiger partial charge in [-0.05, 0) is 49.4 Å². The first-order valence-electron chi connectivity index (χ1n) is 7.64. The van der Waals surface area contributed by atoms with Crippen LogP contribution in [0.2, 0.25) is 0 Å².